The third-order valence-electron chi connectivity index (χ3n) is 2.77. The SMILES string of the molecule is N#CCN1CCC2(CC2)C1. The van der Waals surface area contributed by atoms with E-state index in [0.29, 0.717) is 12.0 Å². The first-order valence-corrected chi connectivity index (χ1v) is 3.94. The predicted molar refractivity (Wildman–Crippen MR) is 38.3 cm³/mol. The normalized spacial score (nSPS) is 28.7. The average molecular weight is 136 g/mol. The summed E-state index contributed by atoms with van der Waals surface area (Å²) in [5, 5.41) is 8.43. The van der Waals surface area contributed by atoms with Gasteiger partial charge in [-0.05, 0) is 31.2 Å². The van der Waals surface area contributed by atoms with E-state index in [0.717, 1.165) is 6.54 Å². The third-order valence-corrected chi connectivity index (χ3v) is 2.77. The van der Waals surface area contributed by atoms with Gasteiger partial charge in [0.2, 0.25) is 0 Å². The molecule has 1 aliphatic carbocycles. The monoisotopic (exact) mass is 136 g/mol. The zero-order chi connectivity index (χ0) is 7.03. The van der Waals surface area contributed by atoms with E-state index >= 15 is 0 Å². The van der Waals surface area contributed by atoms with Crippen molar-refractivity contribution >= 4 is 0 Å². The molecule has 2 rings (SSSR count). The first-order chi connectivity index (χ1) is 4.85. The molecule has 1 spiro atoms. The van der Waals surface area contributed by atoms with Crippen molar-refractivity contribution in [1.82, 2.24) is 4.90 Å². The van der Waals surface area contributed by atoms with Gasteiger partial charge in [0, 0.05) is 6.54 Å². The van der Waals surface area contributed by atoms with Crippen molar-refractivity contribution in [3.05, 3.63) is 0 Å². The van der Waals surface area contributed by atoms with Crippen LogP contribution in [0.5, 0.6) is 0 Å². The summed E-state index contributed by atoms with van der Waals surface area (Å²) in [5.41, 5.74) is 0.691. The van der Waals surface area contributed by atoms with Crippen LogP contribution in [-0.2, 0) is 0 Å². The van der Waals surface area contributed by atoms with Crippen molar-refractivity contribution in [3.8, 4) is 6.07 Å². The van der Waals surface area contributed by atoms with Gasteiger partial charge >= 0.3 is 0 Å². The van der Waals surface area contributed by atoms with Crippen molar-refractivity contribution in [2.24, 2.45) is 5.41 Å². The third kappa shape index (κ3) is 0.911. The van der Waals surface area contributed by atoms with Crippen LogP contribution < -0.4 is 0 Å². The lowest BCUT2D eigenvalue weighted by atomic mass is 10.1. The van der Waals surface area contributed by atoms with E-state index in [4.69, 9.17) is 5.26 Å². The van der Waals surface area contributed by atoms with Gasteiger partial charge < -0.3 is 0 Å². The molecule has 2 fully saturated rings. The Bertz CT molecular complexity index is 176. The molecule has 0 unspecified atom stereocenters. The smallest absolute Gasteiger partial charge is 0.0866 e. The van der Waals surface area contributed by atoms with E-state index in [2.05, 4.69) is 11.0 Å². The summed E-state index contributed by atoms with van der Waals surface area (Å²) < 4.78 is 0. The number of hydrogen-bond acceptors (Lipinski definition) is 2. The van der Waals surface area contributed by atoms with Gasteiger partial charge in [-0.1, -0.05) is 0 Å². The summed E-state index contributed by atoms with van der Waals surface area (Å²) in [5.74, 6) is 0. The molecule has 0 radical (unpaired) electrons. The molecule has 2 heteroatoms. The molecule has 0 aromatic rings. The van der Waals surface area contributed by atoms with Crippen LogP contribution >= 0.6 is 0 Å². The Morgan fingerprint density at radius 3 is 2.70 bits per heavy atom. The summed E-state index contributed by atoms with van der Waals surface area (Å²) in [4.78, 5) is 2.27. The maximum absolute atomic E-state index is 8.43. The molecule has 0 atom stereocenters. The van der Waals surface area contributed by atoms with Crippen molar-refractivity contribution in [1.29, 1.82) is 5.26 Å². The molecule has 10 heavy (non-hydrogen) atoms. The average Bonchev–Trinajstić information content (AvgIpc) is 2.52. The van der Waals surface area contributed by atoms with Gasteiger partial charge in [0.15, 0.2) is 0 Å². The Morgan fingerprint density at radius 2 is 2.20 bits per heavy atom. The number of hydrogen-bond donors (Lipinski definition) is 0. The predicted octanol–water partition coefficient (Wildman–Crippen LogP) is 0.996. The van der Waals surface area contributed by atoms with Crippen LogP contribution in [0, 0.1) is 16.7 Å². The summed E-state index contributed by atoms with van der Waals surface area (Å²) >= 11 is 0. The molecule has 54 valence electrons. The summed E-state index contributed by atoms with van der Waals surface area (Å²) in [7, 11) is 0. The van der Waals surface area contributed by atoms with Crippen LogP contribution in [0.2, 0.25) is 0 Å². The zero-order valence-electron chi connectivity index (χ0n) is 6.14. The maximum Gasteiger partial charge on any atom is 0.0866 e. The van der Waals surface area contributed by atoms with Gasteiger partial charge in [0.25, 0.3) is 0 Å². The molecule has 0 N–H and O–H groups in total. The fourth-order valence-corrected chi connectivity index (χ4v) is 1.85. The summed E-state index contributed by atoms with van der Waals surface area (Å²) in [6.45, 7) is 3.00. The standard InChI is InChI=1S/C8H12N2/c9-4-6-10-5-3-8(7-10)1-2-8/h1-3,5-7H2. The fraction of sp³-hybridized carbons (Fsp3) is 0.875. The number of likely N-dealkylation sites (tertiary alicyclic amines) is 1. The Kier molecular flexibility index (Phi) is 1.21. The molecule has 0 aromatic carbocycles. The van der Waals surface area contributed by atoms with Gasteiger partial charge in [-0.2, -0.15) is 5.26 Å². The van der Waals surface area contributed by atoms with Crippen LogP contribution in [0.4, 0.5) is 0 Å². The molecule has 1 aliphatic heterocycles. The zero-order valence-corrected chi connectivity index (χ0v) is 6.14. The number of rotatable bonds is 1. The lowest BCUT2D eigenvalue weighted by molar-refractivity contribution is 0.357. The molecule has 1 saturated carbocycles. The van der Waals surface area contributed by atoms with E-state index in [1.54, 1.807) is 0 Å². The van der Waals surface area contributed by atoms with E-state index in [9.17, 15) is 0 Å². The van der Waals surface area contributed by atoms with Gasteiger partial charge in [-0.25, -0.2) is 0 Å². The van der Waals surface area contributed by atoms with Crippen LogP contribution in [0.25, 0.3) is 0 Å². The molecule has 2 nitrogen and oxygen atoms in total. The number of nitriles is 1. The van der Waals surface area contributed by atoms with Crippen LogP contribution in [0.1, 0.15) is 19.3 Å². The van der Waals surface area contributed by atoms with Crippen molar-refractivity contribution < 1.29 is 0 Å². The second kappa shape index (κ2) is 1.96. The molecule has 0 bridgehead atoms. The molecular formula is C8H12N2. The van der Waals surface area contributed by atoms with Gasteiger partial charge in [-0.15, -0.1) is 0 Å². The van der Waals surface area contributed by atoms with E-state index in [1.807, 2.05) is 0 Å². The van der Waals surface area contributed by atoms with Crippen LogP contribution in [0.3, 0.4) is 0 Å². The molecule has 1 heterocycles. The first kappa shape index (κ1) is 6.18. The molecule has 0 amide bonds. The van der Waals surface area contributed by atoms with Gasteiger partial charge in [-0.3, -0.25) is 4.90 Å². The minimum Gasteiger partial charge on any atom is -0.290 e. The van der Waals surface area contributed by atoms with Gasteiger partial charge in [0.05, 0.1) is 12.6 Å². The highest BCUT2D eigenvalue weighted by Gasteiger charge is 2.47. The fourth-order valence-electron chi connectivity index (χ4n) is 1.85. The highest BCUT2D eigenvalue weighted by molar-refractivity contribution is 5.01. The van der Waals surface area contributed by atoms with Crippen molar-refractivity contribution in [2.75, 3.05) is 19.6 Å². The van der Waals surface area contributed by atoms with Crippen LogP contribution in [0.15, 0.2) is 0 Å². The molecule has 2 aliphatic rings. The summed E-state index contributed by atoms with van der Waals surface area (Å²) in [6.07, 6.45) is 4.17. The minimum atomic E-state index is 0.641. The van der Waals surface area contributed by atoms with E-state index in [-0.39, 0.29) is 0 Å². The maximum atomic E-state index is 8.43. The van der Waals surface area contributed by atoms with Crippen molar-refractivity contribution in [2.45, 2.75) is 19.3 Å². The molecule has 1 saturated heterocycles. The van der Waals surface area contributed by atoms with E-state index < -0.39 is 0 Å². The first-order valence-electron chi connectivity index (χ1n) is 3.94. The second-order valence-corrected chi connectivity index (χ2v) is 3.62. The summed E-state index contributed by atoms with van der Waals surface area (Å²) in [6, 6.07) is 2.20. The lowest BCUT2D eigenvalue weighted by Gasteiger charge is -2.09. The van der Waals surface area contributed by atoms with Crippen molar-refractivity contribution in [3.63, 3.8) is 0 Å². The highest BCUT2D eigenvalue weighted by Crippen LogP contribution is 2.52. The number of nitrogens with zero attached hydrogens (tertiary/aromatic N) is 2. The van der Waals surface area contributed by atoms with E-state index in [1.165, 1.54) is 25.8 Å². The Labute approximate surface area is 61.4 Å². The Morgan fingerprint density at radius 1 is 1.40 bits per heavy atom. The Balaban J connectivity index is 1.89. The molecular weight excluding hydrogens is 124 g/mol. The topological polar surface area (TPSA) is 27.0 Å². The Hall–Kier alpha value is -0.550. The van der Waals surface area contributed by atoms with Gasteiger partial charge in [0.1, 0.15) is 0 Å². The highest BCUT2D eigenvalue weighted by atomic mass is 15.2. The lowest BCUT2D eigenvalue weighted by Crippen LogP contribution is -2.20. The van der Waals surface area contributed by atoms with Crippen LogP contribution in [-0.4, -0.2) is 24.5 Å². The largest absolute Gasteiger partial charge is 0.290 e. The molecule has 0 aromatic heterocycles. The second-order valence-electron chi connectivity index (χ2n) is 3.62. The quantitative estimate of drug-likeness (QED) is 0.503. The minimum absolute atomic E-state index is 0.641.